The summed E-state index contributed by atoms with van der Waals surface area (Å²) in [6.45, 7) is 4.72. The van der Waals surface area contributed by atoms with Gasteiger partial charge in [-0.3, -0.25) is 24.5 Å². The maximum Gasteiger partial charge on any atom is 0.281 e. The minimum atomic E-state index is -1.56. The Kier molecular flexibility index (Phi) is 4.22. The van der Waals surface area contributed by atoms with Crippen LogP contribution in [0.1, 0.15) is 31.1 Å². The zero-order valence-corrected chi connectivity index (χ0v) is 13.5. The average molecular weight is 336 g/mol. The van der Waals surface area contributed by atoms with Gasteiger partial charge in [-0.2, -0.15) is 0 Å². The molecule has 1 unspecified atom stereocenters. The predicted molar refractivity (Wildman–Crippen MR) is 83.5 cm³/mol. The van der Waals surface area contributed by atoms with Gasteiger partial charge in [0.2, 0.25) is 0 Å². The fourth-order valence-corrected chi connectivity index (χ4v) is 2.83. The van der Waals surface area contributed by atoms with Gasteiger partial charge >= 0.3 is 0 Å². The Bertz CT molecular complexity index is 779. The first-order chi connectivity index (χ1) is 10.6. The number of carbonyl (C=O) groups excluding carboxylic acids is 3. The number of nitro groups is 1. The first-order valence-corrected chi connectivity index (χ1v) is 7.20. The van der Waals surface area contributed by atoms with E-state index in [0.29, 0.717) is 5.57 Å². The van der Waals surface area contributed by atoms with Gasteiger partial charge in [0.15, 0.2) is 17.3 Å². The highest BCUT2D eigenvalue weighted by molar-refractivity contribution is 6.32. The minimum Gasteiger partial charge on any atom is -0.297 e. The van der Waals surface area contributed by atoms with E-state index in [1.807, 2.05) is 0 Å². The van der Waals surface area contributed by atoms with Crippen molar-refractivity contribution >= 4 is 34.6 Å². The maximum absolute atomic E-state index is 12.7. The Morgan fingerprint density at radius 1 is 1.30 bits per heavy atom. The molecule has 0 fully saturated rings. The highest BCUT2D eigenvalue weighted by atomic mass is 35.5. The van der Waals surface area contributed by atoms with Gasteiger partial charge in [0, 0.05) is 16.5 Å². The second-order valence-electron chi connectivity index (χ2n) is 5.99. The van der Waals surface area contributed by atoms with Crippen LogP contribution in [0.5, 0.6) is 0 Å². The Hall–Kier alpha value is -2.34. The van der Waals surface area contributed by atoms with E-state index in [1.165, 1.54) is 25.1 Å². The standard InChI is InChI=1S/C16H14ClNO5/c1-8-7-16(2,3)15(21)12(13(8)19)14(20)10-5-4-9(17)6-11(10)18(22)23/h4-7,12H,1-3H3. The SMILES string of the molecule is CC1=CC(C)(C)C(=O)C(C(=O)c2ccc(Cl)cc2[N+](=O)[O-])C1=O. The van der Waals surface area contributed by atoms with Gasteiger partial charge in [0.25, 0.3) is 5.69 Å². The second kappa shape index (κ2) is 5.70. The van der Waals surface area contributed by atoms with Crippen LogP contribution >= 0.6 is 11.6 Å². The molecule has 1 aliphatic carbocycles. The van der Waals surface area contributed by atoms with Crippen LogP contribution in [0.25, 0.3) is 0 Å². The lowest BCUT2D eigenvalue weighted by molar-refractivity contribution is -0.385. The Morgan fingerprint density at radius 3 is 2.48 bits per heavy atom. The predicted octanol–water partition coefficient (Wildman–Crippen LogP) is 3.17. The number of hydrogen-bond acceptors (Lipinski definition) is 5. The number of halogens is 1. The lowest BCUT2D eigenvalue weighted by Gasteiger charge is -2.29. The van der Waals surface area contributed by atoms with Crippen molar-refractivity contribution in [2.45, 2.75) is 20.8 Å². The van der Waals surface area contributed by atoms with Crippen LogP contribution in [0.4, 0.5) is 5.69 Å². The smallest absolute Gasteiger partial charge is 0.281 e. The van der Waals surface area contributed by atoms with Crippen molar-refractivity contribution in [2.24, 2.45) is 11.3 Å². The molecule has 0 radical (unpaired) electrons. The molecule has 6 nitrogen and oxygen atoms in total. The topological polar surface area (TPSA) is 94.3 Å². The highest BCUT2D eigenvalue weighted by Gasteiger charge is 2.46. The van der Waals surface area contributed by atoms with Crippen LogP contribution in [-0.2, 0) is 9.59 Å². The van der Waals surface area contributed by atoms with E-state index in [9.17, 15) is 24.5 Å². The summed E-state index contributed by atoms with van der Waals surface area (Å²) < 4.78 is 0. The molecule has 120 valence electrons. The summed E-state index contributed by atoms with van der Waals surface area (Å²) in [4.78, 5) is 47.8. The normalized spacial score (nSPS) is 20.2. The molecule has 0 saturated heterocycles. The molecule has 1 aromatic rings. The summed E-state index contributed by atoms with van der Waals surface area (Å²) in [5.74, 6) is -3.62. The number of rotatable bonds is 3. The van der Waals surface area contributed by atoms with Crippen molar-refractivity contribution in [3.63, 3.8) is 0 Å². The van der Waals surface area contributed by atoms with Crippen molar-refractivity contribution in [1.29, 1.82) is 0 Å². The molecule has 0 bridgehead atoms. The van der Waals surface area contributed by atoms with Crippen LogP contribution in [-0.4, -0.2) is 22.3 Å². The minimum absolute atomic E-state index is 0.0888. The molecule has 1 atom stereocenters. The summed E-state index contributed by atoms with van der Waals surface area (Å²) in [6.07, 6.45) is 1.51. The van der Waals surface area contributed by atoms with E-state index in [-0.39, 0.29) is 10.6 Å². The third-order valence-electron chi connectivity index (χ3n) is 3.81. The van der Waals surface area contributed by atoms with Crippen molar-refractivity contribution < 1.29 is 19.3 Å². The number of carbonyl (C=O) groups is 3. The fraction of sp³-hybridized carbons (Fsp3) is 0.312. The van der Waals surface area contributed by atoms with Crippen molar-refractivity contribution in [3.05, 3.63) is 50.5 Å². The number of ketones is 3. The van der Waals surface area contributed by atoms with E-state index in [0.717, 1.165) is 6.07 Å². The number of Topliss-reactive ketones (excluding diaryl/α,β-unsaturated/α-hetero) is 3. The number of nitrogens with zero attached hydrogens (tertiary/aromatic N) is 1. The quantitative estimate of drug-likeness (QED) is 0.366. The molecule has 0 N–H and O–H groups in total. The first-order valence-electron chi connectivity index (χ1n) is 6.82. The molecular formula is C16H14ClNO5. The number of nitro benzene ring substituents is 1. The van der Waals surface area contributed by atoms with Gasteiger partial charge in [-0.05, 0) is 38.5 Å². The summed E-state index contributed by atoms with van der Waals surface area (Å²) in [5, 5.41) is 11.2. The van der Waals surface area contributed by atoms with Crippen molar-refractivity contribution in [2.75, 3.05) is 0 Å². The maximum atomic E-state index is 12.7. The third-order valence-corrected chi connectivity index (χ3v) is 4.04. The van der Waals surface area contributed by atoms with Gasteiger partial charge in [0.05, 0.1) is 10.5 Å². The Balaban J connectivity index is 2.57. The molecule has 7 heteroatoms. The molecule has 1 aliphatic rings. The largest absolute Gasteiger partial charge is 0.297 e. The molecular weight excluding hydrogens is 322 g/mol. The molecule has 0 heterocycles. The van der Waals surface area contributed by atoms with E-state index >= 15 is 0 Å². The summed E-state index contributed by atoms with van der Waals surface area (Å²) >= 11 is 5.72. The van der Waals surface area contributed by atoms with E-state index in [2.05, 4.69) is 0 Å². The van der Waals surface area contributed by atoms with E-state index < -0.39 is 39.3 Å². The van der Waals surface area contributed by atoms with Gasteiger partial charge < -0.3 is 0 Å². The molecule has 0 aliphatic heterocycles. The zero-order valence-electron chi connectivity index (χ0n) is 12.8. The van der Waals surface area contributed by atoms with Gasteiger partial charge in [-0.25, -0.2) is 0 Å². The molecule has 0 saturated carbocycles. The van der Waals surface area contributed by atoms with Crippen molar-refractivity contribution in [3.8, 4) is 0 Å². The lowest BCUT2D eigenvalue weighted by atomic mass is 9.70. The van der Waals surface area contributed by atoms with Crippen LogP contribution in [0, 0.1) is 21.4 Å². The van der Waals surface area contributed by atoms with Gasteiger partial charge in [-0.1, -0.05) is 17.7 Å². The van der Waals surface area contributed by atoms with Gasteiger partial charge in [0.1, 0.15) is 5.92 Å². The third kappa shape index (κ3) is 2.94. The monoisotopic (exact) mass is 335 g/mol. The van der Waals surface area contributed by atoms with Crippen LogP contribution in [0.2, 0.25) is 5.02 Å². The zero-order chi connectivity index (χ0) is 17.5. The van der Waals surface area contributed by atoms with Crippen LogP contribution in [0.15, 0.2) is 29.8 Å². The van der Waals surface area contributed by atoms with E-state index in [1.54, 1.807) is 13.8 Å². The Labute approximate surface area is 137 Å². The lowest BCUT2D eigenvalue weighted by Crippen LogP contribution is -2.43. The fourth-order valence-electron chi connectivity index (χ4n) is 2.66. The average Bonchev–Trinajstić information content (AvgIpc) is 2.45. The second-order valence-corrected chi connectivity index (χ2v) is 6.43. The molecule has 2 rings (SSSR count). The van der Waals surface area contributed by atoms with Gasteiger partial charge in [-0.15, -0.1) is 0 Å². The highest BCUT2D eigenvalue weighted by Crippen LogP contribution is 2.35. The van der Waals surface area contributed by atoms with Crippen LogP contribution in [0.3, 0.4) is 0 Å². The van der Waals surface area contributed by atoms with Crippen molar-refractivity contribution in [1.82, 2.24) is 0 Å². The first kappa shape index (κ1) is 17.0. The number of hydrogen-bond donors (Lipinski definition) is 0. The Morgan fingerprint density at radius 2 is 1.91 bits per heavy atom. The summed E-state index contributed by atoms with van der Waals surface area (Å²) in [7, 11) is 0. The number of allylic oxidation sites excluding steroid dienone is 2. The molecule has 0 aromatic heterocycles. The molecule has 23 heavy (non-hydrogen) atoms. The summed E-state index contributed by atoms with van der Waals surface area (Å²) in [5.41, 5.74) is -1.51. The molecule has 0 amide bonds. The molecule has 0 spiro atoms. The molecule has 1 aromatic carbocycles. The van der Waals surface area contributed by atoms with E-state index in [4.69, 9.17) is 11.6 Å². The summed E-state index contributed by atoms with van der Waals surface area (Å²) in [6, 6.07) is 3.51. The number of benzene rings is 1. The van der Waals surface area contributed by atoms with Crippen LogP contribution < -0.4 is 0 Å².